The van der Waals surface area contributed by atoms with Gasteiger partial charge in [0, 0.05) is 36.5 Å². The monoisotopic (exact) mass is 260 g/mol. The van der Waals surface area contributed by atoms with Gasteiger partial charge < -0.3 is 4.90 Å². The van der Waals surface area contributed by atoms with Crippen LogP contribution in [-0.2, 0) is 0 Å². The highest BCUT2D eigenvalue weighted by Gasteiger charge is 2.23. The molecule has 0 N–H and O–H groups in total. The van der Waals surface area contributed by atoms with Crippen LogP contribution in [0.1, 0.15) is 49.2 Å². The van der Waals surface area contributed by atoms with Gasteiger partial charge in [-0.2, -0.15) is 0 Å². The summed E-state index contributed by atoms with van der Waals surface area (Å²) in [6, 6.07) is 4.39. The van der Waals surface area contributed by atoms with Crippen molar-refractivity contribution in [2.24, 2.45) is 5.92 Å². The van der Waals surface area contributed by atoms with Gasteiger partial charge in [0.15, 0.2) is 5.78 Å². The Balaban J connectivity index is 1.93. The van der Waals surface area contributed by atoms with E-state index in [0.29, 0.717) is 18.4 Å². The highest BCUT2D eigenvalue weighted by atomic mass is 16.1. The van der Waals surface area contributed by atoms with E-state index in [2.05, 4.69) is 23.7 Å². The number of ketones is 1. The van der Waals surface area contributed by atoms with E-state index in [1.807, 2.05) is 19.1 Å². The molecule has 0 radical (unpaired) electrons. The van der Waals surface area contributed by atoms with Gasteiger partial charge in [-0.25, -0.2) is 0 Å². The summed E-state index contributed by atoms with van der Waals surface area (Å²) in [5.74, 6) is 0.744. The van der Waals surface area contributed by atoms with Crippen molar-refractivity contribution in [1.82, 2.24) is 9.88 Å². The van der Waals surface area contributed by atoms with Crippen LogP contribution in [0, 0.1) is 12.8 Å². The third kappa shape index (κ3) is 3.87. The molecule has 0 aromatic carbocycles. The van der Waals surface area contributed by atoms with E-state index in [-0.39, 0.29) is 5.78 Å². The Labute approximate surface area is 116 Å². The minimum atomic E-state index is 0.239. The smallest absolute Gasteiger partial charge is 0.164 e. The molecule has 1 aliphatic rings. The van der Waals surface area contributed by atoms with Crippen molar-refractivity contribution in [3.8, 4) is 0 Å². The number of piperidine rings is 1. The van der Waals surface area contributed by atoms with E-state index in [0.717, 1.165) is 17.8 Å². The normalized spacial score (nSPS) is 20.7. The van der Waals surface area contributed by atoms with Crippen molar-refractivity contribution in [3.63, 3.8) is 0 Å². The number of aryl methyl sites for hydroxylation is 1. The molecule has 1 atom stereocenters. The quantitative estimate of drug-likeness (QED) is 0.780. The standard InChI is InChI=1S/C16H24N2O/c1-12(2)18-8-4-5-14(11-18)9-16(19)15-7-6-13(3)17-10-15/h6-7,10,12,14H,4-5,8-9,11H2,1-3H3/t14-/m0/s1. The summed E-state index contributed by atoms with van der Waals surface area (Å²) < 4.78 is 0. The predicted molar refractivity (Wildman–Crippen MR) is 77.4 cm³/mol. The number of Topliss-reactive ketones (excluding diaryl/α,β-unsaturated/α-hetero) is 1. The maximum absolute atomic E-state index is 12.2. The van der Waals surface area contributed by atoms with Gasteiger partial charge in [0.2, 0.25) is 0 Å². The first kappa shape index (κ1) is 14.2. The topological polar surface area (TPSA) is 33.2 Å². The molecule has 1 aromatic rings. The number of hydrogen-bond donors (Lipinski definition) is 0. The summed E-state index contributed by atoms with van der Waals surface area (Å²) in [6.07, 6.45) is 4.76. The fraction of sp³-hybridized carbons (Fsp3) is 0.625. The van der Waals surface area contributed by atoms with Crippen molar-refractivity contribution in [2.45, 2.75) is 46.1 Å². The molecule has 104 valence electrons. The molecular formula is C16H24N2O. The van der Waals surface area contributed by atoms with Gasteiger partial charge in [-0.05, 0) is 58.2 Å². The summed E-state index contributed by atoms with van der Waals surface area (Å²) in [7, 11) is 0. The third-order valence-corrected chi connectivity index (χ3v) is 3.99. The second kappa shape index (κ2) is 6.29. The first-order valence-corrected chi connectivity index (χ1v) is 7.26. The molecule has 1 aromatic heterocycles. The Morgan fingerprint density at radius 3 is 2.89 bits per heavy atom. The molecule has 2 heterocycles. The van der Waals surface area contributed by atoms with Gasteiger partial charge in [-0.1, -0.05) is 0 Å². The number of pyridine rings is 1. The number of carbonyl (C=O) groups excluding carboxylic acids is 1. The van der Waals surface area contributed by atoms with Gasteiger partial charge in [-0.15, -0.1) is 0 Å². The van der Waals surface area contributed by atoms with E-state index < -0.39 is 0 Å². The van der Waals surface area contributed by atoms with Crippen LogP contribution in [0.5, 0.6) is 0 Å². The maximum Gasteiger partial charge on any atom is 0.164 e. The molecule has 19 heavy (non-hydrogen) atoms. The summed E-state index contributed by atoms with van der Waals surface area (Å²) in [5.41, 5.74) is 1.72. The average Bonchev–Trinajstić information content (AvgIpc) is 2.39. The largest absolute Gasteiger partial charge is 0.301 e. The number of nitrogens with zero attached hydrogens (tertiary/aromatic N) is 2. The fourth-order valence-corrected chi connectivity index (χ4v) is 2.75. The Kier molecular flexibility index (Phi) is 4.70. The third-order valence-electron chi connectivity index (χ3n) is 3.99. The van der Waals surface area contributed by atoms with Gasteiger partial charge in [0.25, 0.3) is 0 Å². The summed E-state index contributed by atoms with van der Waals surface area (Å²) >= 11 is 0. The molecule has 2 rings (SSSR count). The van der Waals surface area contributed by atoms with E-state index in [9.17, 15) is 4.79 Å². The highest BCUT2D eigenvalue weighted by Crippen LogP contribution is 2.22. The first-order chi connectivity index (χ1) is 9.06. The molecule has 1 fully saturated rings. The van der Waals surface area contributed by atoms with E-state index in [4.69, 9.17) is 0 Å². The average molecular weight is 260 g/mol. The number of aromatic nitrogens is 1. The molecule has 0 bridgehead atoms. The second-order valence-electron chi connectivity index (χ2n) is 5.91. The van der Waals surface area contributed by atoms with Crippen LogP contribution in [-0.4, -0.2) is 34.8 Å². The molecule has 1 saturated heterocycles. The predicted octanol–water partition coefficient (Wildman–Crippen LogP) is 3.08. The Morgan fingerprint density at radius 1 is 1.47 bits per heavy atom. The molecule has 3 nitrogen and oxygen atoms in total. The zero-order chi connectivity index (χ0) is 13.8. The number of likely N-dealkylation sites (tertiary alicyclic amines) is 1. The Bertz CT molecular complexity index is 425. The van der Waals surface area contributed by atoms with Crippen LogP contribution in [0.2, 0.25) is 0 Å². The lowest BCUT2D eigenvalue weighted by Gasteiger charge is -2.35. The lowest BCUT2D eigenvalue weighted by Crippen LogP contribution is -2.40. The Morgan fingerprint density at radius 2 is 2.26 bits per heavy atom. The molecule has 1 aliphatic heterocycles. The number of carbonyl (C=O) groups is 1. The van der Waals surface area contributed by atoms with Crippen LogP contribution < -0.4 is 0 Å². The van der Waals surface area contributed by atoms with Crippen LogP contribution in [0.25, 0.3) is 0 Å². The van der Waals surface area contributed by atoms with Crippen LogP contribution in [0.15, 0.2) is 18.3 Å². The van der Waals surface area contributed by atoms with Crippen LogP contribution >= 0.6 is 0 Å². The minimum absolute atomic E-state index is 0.239. The molecule has 0 aliphatic carbocycles. The summed E-state index contributed by atoms with van der Waals surface area (Å²) in [5, 5.41) is 0. The van der Waals surface area contributed by atoms with E-state index in [1.165, 1.54) is 19.4 Å². The first-order valence-electron chi connectivity index (χ1n) is 7.26. The zero-order valence-corrected chi connectivity index (χ0v) is 12.2. The molecule has 0 amide bonds. The van der Waals surface area contributed by atoms with Gasteiger partial charge in [0.05, 0.1) is 0 Å². The molecule has 3 heteroatoms. The molecular weight excluding hydrogens is 236 g/mol. The number of hydrogen-bond acceptors (Lipinski definition) is 3. The van der Waals surface area contributed by atoms with Crippen molar-refractivity contribution in [1.29, 1.82) is 0 Å². The van der Waals surface area contributed by atoms with E-state index >= 15 is 0 Å². The molecule has 0 spiro atoms. The van der Waals surface area contributed by atoms with E-state index in [1.54, 1.807) is 6.20 Å². The van der Waals surface area contributed by atoms with Crippen molar-refractivity contribution in [2.75, 3.05) is 13.1 Å². The minimum Gasteiger partial charge on any atom is -0.301 e. The second-order valence-corrected chi connectivity index (χ2v) is 5.91. The van der Waals surface area contributed by atoms with Gasteiger partial charge in [0.1, 0.15) is 0 Å². The van der Waals surface area contributed by atoms with Gasteiger partial charge in [-0.3, -0.25) is 9.78 Å². The molecule has 0 saturated carbocycles. The lowest BCUT2D eigenvalue weighted by atomic mass is 9.90. The zero-order valence-electron chi connectivity index (χ0n) is 12.2. The summed E-state index contributed by atoms with van der Waals surface area (Å²) in [4.78, 5) is 18.9. The van der Waals surface area contributed by atoms with Crippen molar-refractivity contribution < 1.29 is 4.79 Å². The SMILES string of the molecule is Cc1ccc(C(=O)C[C@@H]2CCCN(C(C)C)C2)cn1. The van der Waals surface area contributed by atoms with Crippen molar-refractivity contribution in [3.05, 3.63) is 29.6 Å². The highest BCUT2D eigenvalue weighted by molar-refractivity contribution is 5.95. The maximum atomic E-state index is 12.2. The van der Waals surface area contributed by atoms with Crippen LogP contribution in [0.3, 0.4) is 0 Å². The van der Waals surface area contributed by atoms with Crippen LogP contribution in [0.4, 0.5) is 0 Å². The Hall–Kier alpha value is -1.22. The lowest BCUT2D eigenvalue weighted by molar-refractivity contribution is 0.0889. The van der Waals surface area contributed by atoms with Crippen molar-refractivity contribution >= 4 is 5.78 Å². The molecule has 0 unspecified atom stereocenters. The number of rotatable bonds is 4. The fourth-order valence-electron chi connectivity index (χ4n) is 2.75. The van der Waals surface area contributed by atoms with Gasteiger partial charge >= 0.3 is 0 Å². The summed E-state index contributed by atoms with van der Waals surface area (Å²) in [6.45, 7) is 8.63.